The molecule has 0 radical (unpaired) electrons. The van der Waals surface area contributed by atoms with E-state index in [1.807, 2.05) is 30.3 Å². The second-order valence-electron chi connectivity index (χ2n) is 8.09. The van der Waals surface area contributed by atoms with Crippen LogP contribution in [-0.4, -0.2) is 59.3 Å². The lowest BCUT2D eigenvalue weighted by Gasteiger charge is -2.39. The molecular weight excluding hydrogens is 408 g/mol. The van der Waals surface area contributed by atoms with E-state index >= 15 is 0 Å². The summed E-state index contributed by atoms with van der Waals surface area (Å²) in [7, 11) is 4.22. The molecule has 1 aromatic carbocycles. The lowest BCUT2D eigenvalue weighted by molar-refractivity contribution is 0.0401. The van der Waals surface area contributed by atoms with Gasteiger partial charge in [0.25, 0.3) is 5.88 Å². The highest BCUT2D eigenvalue weighted by molar-refractivity contribution is 5.61. The molecule has 3 aromatic rings. The number of ether oxygens (including phenoxy) is 3. The summed E-state index contributed by atoms with van der Waals surface area (Å²) in [6, 6.07) is 12.1. The lowest BCUT2D eigenvalue weighted by Crippen LogP contribution is -2.46. The molecule has 2 aliphatic rings. The zero-order valence-electron chi connectivity index (χ0n) is 18.1. The number of aromatic nitrogens is 3. The fourth-order valence-corrected chi connectivity index (χ4v) is 3.63. The van der Waals surface area contributed by atoms with Gasteiger partial charge in [0, 0.05) is 26.8 Å². The summed E-state index contributed by atoms with van der Waals surface area (Å²) in [5, 5.41) is 6.45. The van der Waals surface area contributed by atoms with Crippen LogP contribution < -0.4 is 24.8 Å². The smallest absolute Gasteiger partial charge is 0.257 e. The number of anilines is 4. The predicted octanol–water partition coefficient (Wildman–Crippen LogP) is 4.09. The monoisotopic (exact) mass is 438 g/mol. The third-order valence-electron chi connectivity index (χ3n) is 5.54. The number of fused-ring (bicyclic) bond motifs is 1. The van der Waals surface area contributed by atoms with Crippen molar-refractivity contribution < 1.29 is 17.1 Å². The van der Waals surface area contributed by atoms with Gasteiger partial charge >= 0.3 is 0 Å². The summed E-state index contributed by atoms with van der Waals surface area (Å²) in [6.07, 6.45) is 5.81. The van der Waals surface area contributed by atoms with E-state index in [1.54, 1.807) is 18.5 Å². The van der Waals surface area contributed by atoms with Gasteiger partial charge in [-0.1, -0.05) is 0 Å². The van der Waals surface area contributed by atoms with Gasteiger partial charge in [0.05, 0.1) is 11.9 Å². The Hall–Kier alpha value is -3.59. The average Bonchev–Trinajstić information content (AvgIpc) is 2.77. The van der Waals surface area contributed by atoms with Crippen LogP contribution in [0.2, 0.25) is 0 Å². The van der Waals surface area contributed by atoms with Gasteiger partial charge in [-0.15, -0.1) is 0 Å². The van der Waals surface area contributed by atoms with Gasteiger partial charge in [-0.05, 0) is 57.3 Å². The van der Waals surface area contributed by atoms with E-state index in [4.69, 9.17) is 14.2 Å². The van der Waals surface area contributed by atoms with Crippen LogP contribution in [0.3, 0.4) is 0 Å². The molecule has 1 aliphatic carbocycles. The van der Waals surface area contributed by atoms with E-state index in [0.717, 1.165) is 30.0 Å². The van der Waals surface area contributed by atoms with Crippen molar-refractivity contribution in [1.29, 1.82) is 0 Å². The summed E-state index contributed by atoms with van der Waals surface area (Å²) in [5.74, 6) is 3.13. The van der Waals surface area contributed by atoms with Crippen LogP contribution >= 0.6 is 0 Å². The van der Waals surface area contributed by atoms with Gasteiger partial charge in [0.1, 0.15) is 30.9 Å². The second-order valence-corrected chi connectivity index (χ2v) is 8.09. The third kappa shape index (κ3) is 4.67. The number of nitrogens with one attached hydrogen (secondary N) is 2. The van der Waals surface area contributed by atoms with Crippen LogP contribution in [-0.2, 0) is 0 Å². The lowest BCUT2D eigenvalue weighted by atomic mass is 9.88. The van der Waals surface area contributed by atoms with Gasteiger partial charge in [-0.25, -0.2) is 9.97 Å². The van der Waals surface area contributed by atoms with Crippen LogP contribution in [0.1, 0.15) is 15.7 Å². The fraction of sp³-hybridized carbons (Fsp3) is 0.348. The molecule has 1 saturated carbocycles. The van der Waals surface area contributed by atoms with E-state index < -0.39 is 0 Å². The van der Waals surface area contributed by atoms with E-state index in [9.17, 15) is 0 Å². The average molecular weight is 439 g/mol. The number of nitrogens with zero attached hydrogens (tertiary/aromatic N) is 4. The Morgan fingerprint density at radius 2 is 1.81 bits per heavy atom. The van der Waals surface area contributed by atoms with Crippen LogP contribution in [0.25, 0.3) is 0 Å². The van der Waals surface area contributed by atoms with Crippen LogP contribution in [0, 0.1) is 0 Å². The molecule has 0 atom stereocenters. The standard InChI is InChI=1S/C23H26N6O3.2H2/c1-29(2)17-12-19(13-17)32-18-5-3-15(4-6-18)27-23-24-8-7-21(28-23)26-16-11-20-22(25-14-16)31-10-9-30-20;;/h3-8,11,14,17,19H,9-10,12-13H2,1-2H3,(H2,24,26,27,28);2*1H. The first-order valence-electron chi connectivity index (χ1n) is 10.7. The predicted molar refractivity (Wildman–Crippen MR) is 126 cm³/mol. The fourth-order valence-electron chi connectivity index (χ4n) is 3.63. The van der Waals surface area contributed by atoms with E-state index in [2.05, 4.69) is 44.6 Å². The molecule has 0 bridgehead atoms. The molecule has 9 heteroatoms. The molecule has 1 fully saturated rings. The molecule has 9 nitrogen and oxygen atoms in total. The van der Waals surface area contributed by atoms with E-state index in [0.29, 0.717) is 48.8 Å². The first kappa shape index (κ1) is 20.3. The maximum Gasteiger partial charge on any atom is 0.257 e. The Balaban J connectivity index is 0.00000162. The second kappa shape index (κ2) is 8.88. The number of rotatable bonds is 7. The van der Waals surface area contributed by atoms with Crippen molar-refractivity contribution in [2.45, 2.75) is 25.0 Å². The van der Waals surface area contributed by atoms with E-state index in [-0.39, 0.29) is 2.85 Å². The van der Waals surface area contributed by atoms with Crippen LogP contribution in [0.5, 0.6) is 17.4 Å². The molecule has 2 aromatic heterocycles. The van der Waals surface area contributed by atoms with Crippen LogP contribution in [0.4, 0.5) is 23.1 Å². The van der Waals surface area contributed by atoms with Crippen molar-refractivity contribution in [3.05, 3.63) is 48.8 Å². The Bertz CT molecular complexity index is 1080. The molecule has 170 valence electrons. The SMILES string of the molecule is CN(C)C1CC(Oc2ccc(Nc3nccc(Nc4cnc5c(c4)OCCO5)n3)cc2)C1.[HH].[HH]. The molecule has 3 heterocycles. The van der Waals surface area contributed by atoms with Crippen LogP contribution in [0.15, 0.2) is 48.8 Å². The van der Waals surface area contributed by atoms with Crippen molar-refractivity contribution in [2.75, 3.05) is 37.9 Å². The Morgan fingerprint density at radius 1 is 1.00 bits per heavy atom. The van der Waals surface area contributed by atoms with Gasteiger partial charge in [-0.2, -0.15) is 4.98 Å². The van der Waals surface area contributed by atoms with Gasteiger partial charge in [0.15, 0.2) is 5.75 Å². The largest absolute Gasteiger partial charge is 0.490 e. The quantitative estimate of drug-likeness (QED) is 0.565. The van der Waals surface area contributed by atoms with Crippen molar-refractivity contribution in [3.63, 3.8) is 0 Å². The summed E-state index contributed by atoms with van der Waals surface area (Å²) >= 11 is 0. The summed E-state index contributed by atoms with van der Waals surface area (Å²) in [6.45, 7) is 1.03. The molecule has 5 rings (SSSR count). The molecule has 1 aliphatic heterocycles. The first-order valence-corrected chi connectivity index (χ1v) is 10.7. The van der Waals surface area contributed by atoms with Crippen molar-refractivity contribution in [3.8, 4) is 17.4 Å². The summed E-state index contributed by atoms with van der Waals surface area (Å²) < 4.78 is 17.1. The third-order valence-corrected chi connectivity index (χ3v) is 5.54. The Morgan fingerprint density at radius 3 is 2.62 bits per heavy atom. The molecule has 2 N–H and O–H groups in total. The first-order chi connectivity index (χ1) is 15.6. The Labute approximate surface area is 189 Å². The summed E-state index contributed by atoms with van der Waals surface area (Å²) in [4.78, 5) is 15.4. The van der Waals surface area contributed by atoms with Crippen molar-refractivity contribution >= 4 is 23.1 Å². The van der Waals surface area contributed by atoms with Crippen molar-refractivity contribution in [1.82, 2.24) is 19.9 Å². The number of benzene rings is 1. The maximum atomic E-state index is 6.04. The molecule has 0 amide bonds. The minimum Gasteiger partial charge on any atom is -0.490 e. The zero-order chi connectivity index (χ0) is 21.9. The highest BCUT2D eigenvalue weighted by Crippen LogP contribution is 2.31. The van der Waals surface area contributed by atoms with Crippen molar-refractivity contribution in [2.24, 2.45) is 0 Å². The minimum atomic E-state index is 0. The van der Waals surface area contributed by atoms with Gasteiger partial charge < -0.3 is 29.7 Å². The molecule has 0 saturated heterocycles. The number of pyridine rings is 1. The minimum absolute atomic E-state index is 0. The Kier molecular flexibility index (Phi) is 5.64. The molecule has 0 unspecified atom stereocenters. The molecule has 32 heavy (non-hydrogen) atoms. The van der Waals surface area contributed by atoms with E-state index in [1.165, 1.54) is 0 Å². The molecular formula is C23H30N6O3. The number of hydrogen-bond donors (Lipinski definition) is 2. The number of hydrogen-bond acceptors (Lipinski definition) is 9. The zero-order valence-corrected chi connectivity index (χ0v) is 18.1. The maximum absolute atomic E-state index is 6.04. The topological polar surface area (TPSA) is 93.7 Å². The summed E-state index contributed by atoms with van der Waals surface area (Å²) in [5.41, 5.74) is 1.64. The highest BCUT2D eigenvalue weighted by atomic mass is 16.6. The normalized spacial score (nSPS) is 19.2. The highest BCUT2D eigenvalue weighted by Gasteiger charge is 2.32. The van der Waals surface area contributed by atoms with Gasteiger partial charge in [-0.3, -0.25) is 0 Å². The molecule has 0 spiro atoms. The van der Waals surface area contributed by atoms with Gasteiger partial charge in [0.2, 0.25) is 5.95 Å².